The van der Waals surface area contributed by atoms with Gasteiger partial charge in [-0.25, -0.2) is 14.4 Å². The second kappa shape index (κ2) is 9.94. The molecule has 11 heteroatoms. The molecule has 3 aromatic rings. The molecule has 2 fully saturated rings. The number of aromatic nitrogens is 4. The standard InChI is InChI=1S/C24H29ClFN7O2/c1-13-10-15(26)11-18(25)20(13)31-24-30-19-12-28-23(29-16-6-8-35-9-7-16)32-22(19)33(24)17-4-2-14(3-5-17)21(27)34/h10-12,14,16-17H,2-9H2,1H3,(H2,27,34)(H,30,31)(H,28,29,32)/t14-,17-. The average Bonchev–Trinajstić information content (AvgIpc) is 3.19. The normalized spacial score (nSPS) is 21.2. The Balaban J connectivity index is 1.52. The molecule has 2 aliphatic rings. The molecule has 1 saturated carbocycles. The number of nitrogens with one attached hydrogen (secondary N) is 2. The molecule has 0 bridgehead atoms. The van der Waals surface area contributed by atoms with Gasteiger partial charge in [-0.2, -0.15) is 4.98 Å². The molecule has 5 rings (SSSR count). The molecule has 0 spiro atoms. The summed E-state index contributed by atoms with van der Waals surface area (Å²) in [5, 5.41) is 7.01. The highest BCUT2D eigenvalue weighted by atomic mass is 35.5. The predicted octanol–water partition coefficient (Wildman–Crippen LogP) is 4.48. The van der Waals surface area contributed by atoms with Crippen LogP contribution in [0.2, 0.25) is 5.02 Å². The summed E-state index contributed by atoms with van der Waals surface area (Å²) in [5.74, 6) is 0.324. The lowest BCUT2D eigenvalue weighted by Gasteiger charge is -2.29. The minimum atomic E-state index is -0.397. The number of imidazole rings is 1. The Kier molecular flexibility index (Phi) is 6.75. The molecule has 2 aromatic heterocycles. The van der Waals surface area contributed by atoms with Crippen LogP contribution in [0, 0.1) is 18.7 Å². The minimum absolute atomic E-state index is 0.0588. The van der Waals surface area contributed by atoms with E-state index < -0.39 is 5.82 Å². The first kappa shape index (κ1) is 23.7. The number of fused-ring (bicyclic) bond motifs is 1. The van der Waals surface area contributed by atoms with Crippen molar-refractivity contribution in [3.63, 3.8) is 0 Å². The number of nitrogens with zero attached hydrogens (tertiary/aromatic N) is 4. The lowest BCUT2D eigenvalue weighted by Crippen LogP contribution is -2.29. The lowest BCUT2D eigenvalue weighted by molar-refractivity contribution is -0.122. The number of hydrogen-bond donors (Lipinski definition) is 3. The Hall–Kier alpha value is -2.98. The molecule has 1 amide bonds. The molecule has 0 radical (unpaired) electrons. The van der Waals surface area contributed by atoms with Gasteiger partial charge < -0.3 is 21.1 Å². The van der Waals surface area contributed by atoms with Crippen molar-refractivity contribution in [2.24, 2.45) is 11.7 Å². The topological polar surface area (TPSA) is 120 Å². The van der Waals surface area contributed by atoms with Crippen molar-refractivity contribution in [2.75, 3.05) is 23.8 Å². The van der Waals surface area contributed by atoms with Crippen LogP contribution >= 0.6 is 11.6 Å². The van der Waals surface area contributed by atoms with Crippen LogP contribution in [-0.4, -0.2) is 44.7 Å². The number of nitrogens with two attached hydrogens (primary N) is 1. The second-order valence-corrected chi connectivity index (χ2v) is 9.76. The van der Waals surface area contributed by atoms with E-state index in [1.807, 2.05) is 0 Å². The molecule has 1 saturated heterocycles. The summed E-state index contributed by atoms with van der Waals surface area (Å²) in [5.41, 5.74) is 8.13. The van der Waals surface area contributed by atoms with Gasteiger partial charge >= 0.3 is 0 Å². The van der Waals surface area contributed by atoms with Crippen molar-refractivity contribution < 1.29 is 13.9 Å². The van der Waals surface area contributed by atoms with Gasteiger partial charge in [-0.3, -0.25) is 9.36 Å². The molecule has 1 aliphatic carbocycles. The first-order valence-electron chi connectivity index (χ1n) is 12.0. The number of ether oxygens (including phenoxy) is 1. The Bertz CT molecular complexity index is 1210. The molecule has 1 aliphatic heterocycles. The summed E-state index contributed by atoms with van der Waals surface area (Å²) in [4.78, 5) is 25.8. The number of carbonyl (C=O) groups is 1. The zero-order valence-corrected chi connectivity index (χ0v) is 20.3. The van der Waals surface area contributed by atoms with E-state index in [9.17, 15) is 9.18 Å². The molecule has 0 unspecified atom stereocenters. The Morgan fingerprint density at radius 1 is 1.17 bits per heavy atom. The van der Waals surface area contributed by atoms with Crippen molar-refractivity contribution in [1.82, 2.24) is 19.5 Å². The number of halogens is 2. The lowest BCUT2D eigenvalue weighted by atomic mass is 9.85. The van der Waals surface area contributed by atoms with Crippen LogP contribution in [0.3, 0.4) is 0 Å². The molecule has 186 valence electrons. The highest BCUT2D eigenvalue weighted by Crippen LogP contribution is 2.38. The maximum absolute atomic E-state index is 13.8. The third kappa shape index (κ3) is 5.04. The van der Waals surface area contributed by atoms with Crippen LogP contribution in [0.4, 0.5) is 22.0 Å². The van der Waals surface area contributed by atoms with Crippen LogP contribution in [0.25, 0.3) is 11.2 Å². The third-order valence-corrected chi connectivity index (χ3v) is 7.24. The smallest absolute Gasteiger partial charge is 0.224 e. The third-order valence-electron chi connectivity index (χ3n) is 6.94. The van der Waals surface area contributed by atoms with Crippen molar-refractivity contribution in [3.05, 3.63) is 34.7 Å². The predicted molar refractivity (Wildman–Crippen MR) is 132 cm³/mol. The summed E-state index contributed by atoms with van der Waals surface area (Å²) in [7, 11) is 0. The second-order valence-electron chi connectivity index (χ2n) is 9.35. The summed E-state index contributed by atoms with van der Waals surface area (Å²) in [6, 6.07) is 3.01. The van der Waals surface area contributed by atoms with Crippen molar-refractivity contribution in [1.29, 1.82) is 0 Å². The molecule has 1 aromatic carbocycles. The van der Waals surface area contributed by atoms with E-state index in [1.165, 1.54) is 12.1 Å². The highest BCUT2D eigenvalue weighted by Gasteiger charge is 2.29. The van der Waals surface area contributed by atoms with Crippen LogP contribution < -0.4 is 16.4 Å². The molecule has 35 heavy (non-hydrogen) atoms. The number of rotatable bonds is 6. The fourth-order valence-corrected chi connectivity index (χ4v) is 5.31. The number of benzene rings is 1. The van der Waals surface area contributed by atoms with E-state index in [2.05, 4.69) is 20.2 Å². The number of primary amides is 1. The van der Waals surface area contributed by atoms with E-state index in [1.54, 1.807) is 13.1 Å². The minimum Gasteiger partial charge on any atom is -0.381 e. The van der Waals surface area contributed by atoms with E-state index >= 15 is 0 Å². The zero-order chi connectivity index (χ0) is 24.5. The SMILES string of the molecule is Cc1cc(F)cc(Cl)c1Nc1nc2cnc(NC3CCOCC3)nc2n1[C@H]1CC[C@H](C(N)=O)CC1. The monoisotopic (exact) mass is 501 g/mol. The van der Waals surface area contributed by atoms with E-state index in [-0.39, 0.29) is 28.9 Å². The zero-order valence-electron chi connectivity index (χ0n) is 19.6. The first-order valence-corrected chi connectivity index (χ1v) is 12.4. The summed E-state index contributed by atoms with van der Waals surface area (Å²) in [6.07, 6.45) is 6.42. The van der Waals surface area contributed by atoms with Gasteiger partial charge in [0.1, 0.15) is 11.3 Å². The van der Waals surface area contributed by atoms with Gasteiger partial charge in [0.15, 0.2) is 5.65 Å². The van der Waals surface area contributed by atoms with Gasteiger partial charge in [0.25, 0.3) is 0 Å². The van der Waals surface area contributed by atoms with Gasteiger partial charge in [0.05, 0.1) is 16.9 Å². The van der Waals surface area contributed by atoms with Crippen LogP contribution in [0.1, 0.15) is 50.1 Å². The number of aryl methyl sites for hydroxylation is 1. The van der Waals surface area contributed by atoms with Gasteiger partial charge in [-0.15, -0.1) is 0 Å². The van der Waals surface area contributed by atoms with Crippen LogP contribution in [0.15, 0.2) is 18.3 Å². The van der Waals surface area contributed by atoms with Gasteiger partial charge in [0, 0.05) is 31.2 Å². The summed E-state index contributed by atoms with van der Waals surface area (Å²) in [6.45, 7) is 3.22. The molecule has 3 heterocycles. The van der Waals surface area contributed by atoms with Gasteiger partial charge in [-0.1, -0.05) is 11.6 Å². The molecule has 0 atom stereocenters. The number of amides is 1. The van der Waals surface area contributed by atoms with Gasteiger partial charge in [0.2, 0.25) is 17.8 Å². The quantitative estimate of drug-likeness (QED) is 0.455. The average molecular weight is 502 g/mol. The maximum atomic E-state index is 13.8. The fourth-order valence-electron chi connectivity index (χ4n) is 5.01. The van der Waals surface area contributed by atoms with Crippen molar-refractivity contribution in [3.8, 4) is 0 Å². The summed E-state index contributed by atoms with van der Waals surface area (Å²) >= 11 is 6.37. The van der Waals surface area contributed by atoms with Crippen molar-refractivity contribution in [2.45, 2.75) is 57.5 Å². The molecule has 9 nitrogen and oxygen atoms in total. The van der Waals surface area contributed by atoms with E-state index in [4.69, 9.17) is 32.0 Å². The Labute approximate surface area is 207 Å². The Morgan fingerprint density at radius 3 is 2.60 bits per heavy atom. The van der Waals surface area contributed by atoms with Crippen LogP contribution in [-0.2, 0) is 9.53 Å². The summed E-state index contributed by atoms with van der Waals surface area (Å²) < 4.78 is 21.3. The van der Waals surface area contributed by atoms with E-state index in [0.717, 1.165) is 25.7 Å². The maximum Gasteiger partial charge on any atom is 0.224 e. The Morgan fingerprint density at radius 2 is 1.91 bits per heavy atom. The largest absolute Gasteiger partial charge is 0.381 e. The van der Waals surface area contributed by atoms with E-state index in [0.29, 0.717) is 60.4 Å². The molecular formula is C24H29ClFN7O2. The molecule has 4 N–H and O–H groups in total. The molecular weight excluding hydrogens is 473 g/mol. The van der Waals surface area contributed by atoms with Crippen molar-refractivity contribution >= 4 is 46.3 Å². The number of hydrogen-bond acceptors (Lipinski definition) is 7. The first-order chi connectivity index (χ1) is 16.9. The fraction of sp³-hybridized carbons (Fsp3) is 0.500. The number of carbonyl (C=O) groups excluding carboxylic acids is 1. The highest BCUT2D eigenvalue weighted by molar-refractivity contribution is 6.33. The number of anilines is 3. The van der Waals surface area contributed by atoms with Gasteiger partial charge in [-0.05, 0) is 63.1 Å². The van der Waals surface area contributed by atoms with Crippen LogP contribution in [0.5, 0.6) is 0 Å².